The highest BCUT2D eigenvalue weighted by atomic mass is 19.3. The maximum atomic E-state index is 11.6. The van der Waals surface area contributed by atoms with E-state index in [1.54, 1.807) is 0 Å². The van der Waals surface area contributed by atoms with Crippen molar-refractivity contribution >= 4 is 0 Å². The molecule has 0 aliphatic heterocycles. The number of halogens is 4. The van der Waals surface area contributed by atoms with Gasteiger partial charge >= 0.3 is 12.3 Å². The van der Waals surface area contributed by atoms with Crippen LogP contribution in [0.3, 0.4) is 0 Å². The topological polar surface area (TPSA) is 20.2 Å². The Hall–Kier alpha value is -0.320. The van der Waals surface area contributed by atoms with Crippen LogP contribution in [0.2, 0.25) is 0 Å². The fraction of sp³-hybridized carbons (Fsp3) is 0.750. The average Bonchev–Trinajstić information content (AvgIpc) is 1.65. The molecular weight excluding hydrogens is 140 g/mol. The van der Waals surface area contributed by atoms with Crippen LogP contribution in [-0.4, -0.2) is 17.2 Å². The van der Waals surface area contributed by atoms with Gasteiger partial charge in [-0.05, 0) is 6.92 Å². The van der Waals surface area contributed by atoms with E-state index in [2.05, 4.69) is 0 Å². The highest BCUT2D eigenvalue weighted by molar-refractivity contribution is 4.87. The van der Waals surface area contributed by atoms with Crippen molar-refractivity contribution in [3.63, 3.8) is 0 Å². The van der Waals surface area contributed by atoms with Crippen molar-refractivity contribution in [3.8, 4) is 0 Å². The summed E-state index contributed by atoms with van der Waals surface area (Å²) in [5.41, 5.74) is 0. The Kier molecular flexibility index (Phi) is 2.42. The van der Waals surface area contributed by atoms with Crippen molar-refractivity contribution in [2.45, 2.75) is 19.0 Å². The molecule has 0 rings (SSSR count). The molecule has 0 bridgehead atoms. The number of rotatable bonds is 2. The van der Waals surface area contributed by atoms with Crippen molar-refractivity contribution in [1.29, 1.82) is 0 Å². The molecule has 0 heterocycles. The largest absolute Gasteiger partial charge is 0.352 e. The van der Waals surface area contributed by atoms with Gasteiger partial charge < -0.3 is 5.11 Å². The standard InChI is InChI=1S/C4H5F4O/c1-2(5)4(7,8)3(6)9/h2,9H,1H3. The highest BCUT2D eigenvalue weighted by Crippen LogP contribution is 2.30. The van der Waals surface area contributed by atoms with Crippen LogP contribution in [0, 0.1) is 6.36 Å². The molecule has 1 unspecified atom stereocenters. The van der Waals surface area contributed by atoms with E-state index < -0.39 is 18.5 Å². The van der Waals surface area contributed by atoms with Gasteiger partial charge in [-0.15, -0.1) is 0 Å². The molecule has 0 aliphatic carbocycles. The first-order valence-corrected chi connectivity index (χ1v) is 2.12. The number of aliphatic hydroxyl groups is 1. The number of alkyl halides is 3. The van der Waals surface area contributed by atoms with Gasteiger partial charge in [-0.25, -0.2) is 4.39 Å². The first kappa shape index (κ1) is 8.68. The molecule has 0 aliphatic rings. The molecular formula is C4H5F4O. The highest BCUT2D eigenvalue weighted by Gasteiger charge is 2.47. The van der Waals surface area contributed by atoms with Crippen LogP contribution in [0.1, 0.15) is 6.92 Å². The molecule has 5 heteroatoms. The number of aliphatic hydroxyl groups excluding tert-OH is 1. The lowest BCUT2D eigenvalue weighted by atomic mass is 10.2. The summed E-state index contributed by atoms with van der Waals surface area (Å²) in [5, 5.41) is 7.51. The molecule has 0 amide bonds. The van der Waals surface area contributed by atoms with Crippen molar-refractivity contribution in [3.05, 3.63) is 6.36 Å². The van der Waals surface area contributed by atoms with Crippen LogP contribution in [0.4, 0.5) is 17.6 Å². The Balaban J connectivity index is 4.01. The molecule has 1 nitrogen and oxygen atoms in total. The van der Waals surface area contributed by atoms with Crippen LogP contribution in [0.25, 0.3) is 0 Å². The first-order chi connectivity index (χ1) is 3.89. The smallest absolute Gasteiger partial charge is 0.341 e. The van der Waals surface area contributed by atoms with E-state index >= 15 is 0 Å². The molecule has 0 aromatic rings. The van der Waals surface area contributed by atoms with Gasteiger partial charge in [0.1, 0.15) is 0 Å². The van der Waals surface area contributed by atoms with Crippen LogP contribution < -0.4 is 0 Å². The summed E-state index contributed by atoms with van der Waals surface area (Å²) >= 11 is 0. The monoisotopic (exact) mass is 145 g/mol. The summed E-state index contributed by atoms with van der Waals surface area (Å²) in [6, 6.07) is 0. The van der Waals surface area contributed by atoms with Crippen molar-refractivity contribution < 1.29 is 22.7 Å². The second kappa shape index (κ2) is 2.51. The Bertz CT molecular complexity index is 80.6. The summed E-state index contributed by atoms with van der Waals surface area (Å²) in [5.74, 6) is -4.36. The molecule has 1 atom stereocenters. The van der Waals surface area contributed by atoms with Gasteiger partial charge in [0.15, 0.2) is 6.17 Å². The fourth-order valence-corrected chi connectivity index (χ4v) is 0.164. The third-order valence-corrected chi connectivity index (χ3v) is 0.775. The molecule has 9 heavy (non-hydrogen) atoms. The van der Waals surface area contributed by atoms with Gasteiger partial charge in [-0.3, -0.25) is 0 Å². The van der Waals surface area contributed by atoms with Crippen molar-refractivity contribution in [2.24, 2.45) is 0 Å². The predicted molar refractivity (Wildman–Crippen MR) is 21.8 cm³/mol. The summed E-state index contributed by atoms with van der Waals surface area (Å²) in [7, 11) is 0. The molecule has 0 fully saturated rings. The molecule has 1 N–H and O–H groups in total. The molecule has 0 aromatic carbocycles. The van der Waals surface area contributed by atoms with E-state index in [4.69, 9.17) is 5.11 Å². The van der Waals surface area contributed by atoms with Crippen LogP contribution >= 0.6 is 0 Å². The van der Waals surface area contributed by atoms with E-state index in [0.717, 1.165) is 0 Å². The van der Waals surface area contributed by atoms with Gasteiger partial charge in [-0.2, -0.15) is 13.2 Å². The fourth-order valence-electron chi connectivity index (χ4n) is 0.164. The minimum absolute atomic E-state index is 0.454. The summed E-state index contributed by atoms with van der Waals surface area (Å²) in [4.78, 5) is 0. The molecule has 0 saturated heterocycles. The zero-order chi connectivity index (χ0) is 7.65. The van der Waals surface area contributed by atoms with Crippen molar-refractivity contribution in [2.75, 3.05) is 0 Å². The Labute approximate surface area is 49.3 Å². The molecule has 0 aromatic heterocycles. The molecule has 55 valence electrons. The third kappa shape index (κ3) is 1.82. The second-order valence-electron chi connectivity index (χ2n) is 1.53. The van der Waals surface area contributed by atoms with E-state index in [0.29, 0.717) is 6.92 Å². The summed E-state index contributed by atoms with van der Waals surface area (Å²) in [6.07, 6.45) is -5.39. The summed E-state index contributed by atoms with van der Waals surface area (Å²) < 4.78 is 46.0. The van der Waals surface area contributed by atoms with Crippen molar-refractivity contribution in [1.82, 2.24) is 0 Å². The van der Waals surface area contributed by atoms with Gasteiger partial charge in [-0.1, -0.05) is 0 Å². The van der Waals surface area contributed by atoms with Gasteiger partial charge in [0.2, 0.25) is 0 Å². The van der Waals surface area contributed by atoms with E-state index in [9.17, 15) is 17.6 Å². The SMILES string of the molecule is CC(F)C(F)(F)[C](O)F. The van der Waals surface area contributed by atoms with Crippen LogP contribution in [-0.2, 0) is 0 Å². The average molecular weight is 145 g/mol. The lowest BCUT2D eigenvalue weighted by Crippen LogP contribution is -2.32. The Morgan fingerprint density at radius 1 is 1.56 bits per heavy atom. The predicted octanol–water partition coefficient (Wildman–Crippen LogP) is 1.81. The normalized spacial score (nSPS) is 16.3. The number of hydrogen-bond donors (Lipinski definition) is 1. The van der Waals surface area contributed by atoms with Crippen LogP contribution in [0.15, 0.2) is 0 Å². The second-order valence-corrected chi connectivity index (χ2v) is 1.53. The molecule has 1 radical (unpaired) electrons. The zero-order valence-electron chi connectivity index (χ0n) is 4.54. The maximum absolute atomic E-state index is 11.6. The first-order valence-electron chi connectivity index (χ1n) is 2.12. The van der Waals surface area contributed by atoms with E-state index in [1.165, 1.54) is 0 Å². The minimum atomic E-state index is -4.36. The van der Waals surface area contributed by atoms with Crippen LogP contribution in [0.5, 0.6) is 0 Å². The quantitative estimate of drug-likeness (QED) is 0.587. The minimum Gasteiger partial charge on any atom is -0.352 e. The third-order valence-electron chi connectivity index (χ3n) is 0.775. The lowest BCUT2D eigenvalue weighted by molar-refractivity contribution is -0.132. The van der Waals surface area contributed by atoms with Gasteiger partial charge in [0.25, 0.3) is 0 Å². The Morgan fingerprint density at radius 3 is 1.89 bits per heavy atom. The van der Waals surface area contributed by atoms with E-state index in [-0.39, 0.29) is 0 Å². The van der Waals surface area contributed by atoms with Gasteiger partial charge in [0.05, 0.1) is 0 Å². The zero-order valence-corrected chi connectivity index (χ0v) is 4.54. The Morgan fingerprint density at radius 2 is 1.89 bits per heavy atom. The maximum Gasteiger partial charge on any atom is 0.341 e. The molecule has 0 spiro atoms. The van der Waals surface area contributed by atoms with Gasteiger partial charge in [0, 0.05) is 0 Å². The molecule has 0 saturated carbocycles. The summed E-state index contributed by atoms with van der Waals surface area (Å²) in [6.45, 7) is 0.454. The lowest BCUT2D eigenvalue weighted by Gasteiger charge is -2.15. The van der Waals surface area contributed by atoms with E-state index in [1.807, 2.05) is 0 Å². The number of hydrogen-bond acceptors (Lipinski definition) is 1.